The highest BCUT2D eigenvalue weighted by Gasteiger charge is 2.39. The van der Waals surface area contributed by atoms with Gasteiger partial charge in [-0.05, 0) is 19.1 Å². The van der Waals surface area contributed by atoms with Gasteiger partial charge in [0.1, 0.15) is 0 Å². The molecule has 1 N–H and O–H groups in total. The SMILES string of the molecule is Cc1ccc(S(=O)(=O)N2C(=O)NCC2CBr)cc1. The van der Waals surface area contributed by atoms with E-state index in [9.17, 15) is 13.2 Å². The normalized spacial score (nSPS) is 20.0. The molecule has 1 heterocycles. The first-order valence-electron chi connectivity index (χ1n) is 5.41. The number of amides is 2. The molecule has 1 unspecified atom stereocenters. The van der Waals surface area contributed by atoms with Gasteiger partial charge in [0.05, 0.1) is 10.9 Å². The minimum absolute atomic E-state index is 0.135. The molecule has 2 amide bonds. The van der Waals surface area contributed by atoms with Crippen LogP contribution >= 0.6 is 15.9 Å². The summed E-state index contributed by atoms with van der Waals surface area (Å²) in [7, 11) is -3.77. The van der Waals surface area contributed by atoms with Crippen LogP contribution in [-0.2, 0) is 10.0 Å². The van der Waals surface area contributed by atoms with Gasteiger partial charge in [-0.3, -0.25) is 0 Å². The standard InChI is InChI=1S/C11H13BrN2O3S/c1-8-2-4-10(5-3-8)18(16,17)14-9(6-12)7-13-11(14)15/h2-5,9H,6-7H2,1H3,(H,13,15). The predicted octanol–water partition coefficient (Wildman–Crippen LogP) is 1.47. The molecule has 0 bridgehead atoms. The highest BCUT2D eigenvalue weighted by molar-refractivity contribution is 9.09. The number of benzene rings is 1. The molecular formula is C11H13BrN2O3S. The highest BCUT2D eigenvalue weighted by atomic mass is 79.9. The number of hydrogen-bond donors (Lipinski definition) is 1. The zero-order valence-electron chi connectivity index (χ0n) is 9.76. The summed E-state index contributed by atoms with van der Waals surface area (Å²) in [4.78, 5) is 11.8. The molecule has 1 fully saturated rings. The quantitative estimate of drug-likeness (QED) is 0.852. The summed E-state index contributed by atoms with van der Waals surface area (Å²) in [5.74, 6) is 0. The van der Waals surface area contributed by atoms with E-state index in [1.165, 1.54) is 12.1 Å². The fourth-order valence-electron chi connectivity index (χ4n) is 1.78. The molecule has 0 aromatic heterocycles. The molecule has 18 heavy (non-hydrogen) atoms. The van der Waals surface area contributed by atoms with Crippen LogP contribution in [0.5, 0.6) is 0 Å². The smallest absolute Gasteiger partial charge is 0.331 e. The van der Waals surface area contributed by atoms with E-state index in [1.807, 2.05) is 6.92 Å². The van der Waals surface area contributed by atoms with Crippen molar-refractivity contribution in [1.82, 2.24) is 9.62 Å². The van der Waals surface area contributed by atoms with Crippen molar-refractivity contribution in [3.8, 4) is 0 Å². The predicted molar refractivity (Wildman–Crippen MR) is 71.2 cm³/mol. The number of aryl methyl sites for hydroxylation is 1. The van der Waals surface area contributed by atoms with Gasteiger partial charge in [0.15, 0.2) is 0 Å². The van der Waals surface area contributed by atoms with E-state index in [4.69, 9.17) is 0 Å². The number of carbonyl (C=O) groups is 1. The maximum absolute atomic E-state index is 12.4. The van der Waals surface area contributed by atoms with Crippen LogP contribution in [0.15, 0.2) is 29.2 Å². The van der Waals surface area contributed by atoms with Gasteiger partial charge in [0, 0.05) is 11.9 Å². The van der Waals surface area contributed by atoms with Crippen molar-refractivity contribution in [3.05, 3.63) is 29.8 Å². The summed E-state index contributed by atoms with van der Waals surface area (Å²) in [6.45, 7) is 2.20. The largest absolute Gasteiger partial charge is 0.335 e. The van der Waals surface area contributed by atoms with Gasteiger partial charge < -0.3 is 5.32 Å². The lowest BCUT2D eigenvalue weighted by Gasteiger charge is -2.21. The summed E-state index contributed by atoms with van der Waals surface area (Å²) in [5, 5.41) is 2.95. The molecule has 1 aromatic rings. The molecule has 98 valence electrons. The lowest BCUT2D eigenvalue weighted by molar-refractivity contribution is 0.232. The van der Waals surface area contributed by atoms with Gasteiger partial charge in [0.25, 0.3) is 10.0 Å². The monoisotopic (exact) mass is 332 g/mol. The molecule has 0 radical (unpaired) electrons. The van der Waals surface area contributed by atoms with Crippen LogP contribution in [0.1, 0.15) is 5.56 Å². The molecule has 1 aromatic carbocycles. The molecule has 1 saturated heterocycles. The second-order valence-electron chi connectivity index (χ2n) is 4.11. The van der Waals surface area contributed by atoms with Crippen molar-refractivity contribution >= 4 is 32.0 Å². The van der Waals surface area contributed by atoms with Gasteiger partial charge in [0.2, 0.25) is 0 Å². The fourth-order valence-corrected chi connectivity index (χ4v) is 4.02. The molecule has 0 aliphatic carbocycles. The van der Waals surface area contributed by atoms with E-state index in [0.29, 0.717) is 11.9 Å². The number of nitrogens with one attached hydrogen (secondary N) is 1. The Hall–Kier alpha value is -1.08. The Kier molecular flexibility index (Phi) is 3.63. The summed E-state index contributed by atoms with van der Waals surface area (Å²) in [5.41, 5.74) is 0.969. The highest BCUT2D eigenvalue weighted by Crippen LogP contribution is 2.22. The van der Waals surface area contributed by atoms with Crippen molar-refractivity contribution in [2.75, 3.05) is 11.9 Å². The molecular weight excluding hydrogens is 320 g/mol. The van der Waals surface area contributed by atoms with E-state index in [1.54, 1.807) is 12.1 Å². The molecule has 5 nitrogen and oxygen atoms in total. The topological polar surface area (TPSA) is 66.5 Å². The van der Waals surface area contributed by atoms with Crippen LogP contribution < -0.4 is 5.32 Å². The van der Waals surface area contributed by atoms with Crippen LogP contribution in [0, 0.1) is 6.92 Å². The summed E-state index contributed by atoms with van der Waals surface area (Å²) < 4.78 is 25.6. The first kappa shape index (κ1) is 13.4. The zero-order valence-corrected chi connectivity index (χ0v) is 12.2. The van der Waals surface area contributed by atoms with Crippen molar-refractivity contribution in [3.63, 3.8) is 0 Å². The Labute approximate surface area is 114 Å². The third-order valence-electron chi connectivity index (χ3n) is 2.78. The average molecular weight is 333 g/mol. The Balaban J connectivity index is 2.41. The zero-order chi connectivity index (χ0) is 13.3. The van der Waals surface area contributed by atoms with Crippen LogP contribution in [0.3, 0.4) is 0 Å². The van der Waals surface area contributed by atoms with Crippen molar-refractivity contribution < 1.29 is 13.2 Å². The third kappa shape index (κ3) is 2.24. The molecule has 0 saturated carbocycles. The summed E-state index contributed by atoms with van der Waals surface area (Å²) in [6.07, 6.45) is 0. The summed E-state index contributed by atoms with van der Waals surface area (Å²) in [6, 6.07) is 5.50. The number of carbonyl (C=O) groups excluding carboxylic acids is 1. The fraction of sp³-hybridized carbons (Fsp3) is 0.364. The maximum Gasteiger partial charge on any atom is 0.331 e. The average Bonchev–Trinajstić information content (AvgIpc) is 2.71. The number of rotatable bonds is 3. The van der Waals surface area contributed by atoms with Gasteiger partial charge >= 0.3 is 6.03 Å². The Morgan fingerprint density at radius 2 is 2.00 bits per heavy atom. The van der Waals surface area contributed by atoms with Crippen LogP contribution in [0.4, 0.5) is 4.79 Å². The van der Waals surface area contributed by atoms with E-state index in [-0.39, 0.29) is 10.9 Å². The number of halogens is 1. The molecule has 7 heteroatoms. The lowest BCUT2D eigenvalue weighted by Crippen LogP contribution is -2.40. The Morgan fingerprint density at radius 1 is 1.39 bits per heavy atom. The first-order chi connectivity index (χ1) is 8.46. The van der Waals surface area contributed by atoms with Gasteiger partial charge in [-0.25, -0.2) is 17.5 Å². The second-order valence-corrected chi connectivity index (χ2v) is 6.57. The lowest BCUT2D eigenvalue weighted by atomic mass is 10.2. The van der Waals surface area contributed by atoms with Gasteiger partial charge in [-0.2, -0.15) is 0 Å². The van der Waals surface area contributed by atoms with Crippen LogP contribution in [-0.4, -0.2) is 36.7 Å². The number of hydrogen-bond acceptors (Lipinski definition) is 3. The minimum Gasteiger partial charge on any atom is -0.335 e. The first-order valence-corrected chi connectivity index (χ1v) is 7.98. The van der Waals surface area contributed by atoms with Gasteiger partial charge in [-0.15, -0.1) is 0 Å². The molecule has 2 rings (SSSR count). The van der Waals surface area contributed by atoms with Gasteiger partial charge in [-0.1, -0.05) is 33.6 Å². The number of urea groups is 1. The maximum atomic E-state index is 12.4. The second kappa shape index (κ2) is 4.89. The molecule has 1 aliphatic rings. The minimum atomic E-state index is -3.77. The van der Waals surface area contributed by atoms with E-state index in [2.05, 4.69) is 21.2 Å². The van der Waals surface area contributed by atoms with Crippen molar-refractivity contribution in [2.45, 2.75) is 17.9 Å². The van der Waals surface area contributed by atoms with Crippen molar-refractivity contribution in [2.24, 2.45) is 0 Å². The van der Waals surface area contributed by atoms with Crippen molar-refractivity contribution in [1.29, 1.82) is 0 Å². The van der Waals surface area contributed by atoms with E-state index < -0.39 is 16.1 Å². The number of alkyl halides is 1. The van der Waals surface area contributed by atoms with Crippen LogP contribution in [0.25, 0.3) is 0 Å². The van der Waals surface area contributed by atoms with Crippen LogP contribution in [0.2, 0.25) is 0 Å². The molecule has 1 aliphatic heterocycles. The molecule has 1 atom stereocenters. The number of nitrogens with zero attached hydrogens (tertiary/aromatic N) is 1. The Morgan fingerprint density at radius 3 is 2.56 bits per heavy atom. The third-order valence-corrected chi connectivity index (χ3v) is 5.37. The summed E-state index contributed by atoms with van der Waals surface area (Å²) >= 11 is 3.22. The number of sulfonamides is 1. The van der Waals surface area contributed by atoms with E-state index >= 15 is 0 Å². The van der Waals surface area contributed by atoms with E-state index in [0.717, 1.165) is 9.87 Å². The Bertz CT molecular complexity index is 556. The molecule has 0 spiro atoms.